The fourth-order valence-electron chi connectivity index (χ4n) is 1.29. The van der Waals surface area contributed by atoms with Crippen LogP contribution >= 0.6 is 11.6 Å². The molecule has 0 aliphatic carbocycles. The first-order valence-corrected chi connectivity index (χ1v) is 5.09. The summed E-state index contributed by atoms with van der Waals surface area (Å²) in [6.07, 6.45) is -1.08. The van der Waals surface area contributed by atoms with E-state index in [0.717, 1.165) is 0 Å². The van der Waals surface area contributed by atoms with Gasteiger partial charge >= 0.3 is 5.97 Å². The highest BCUT2D eigenvalue weighted by atomic mass is 35.5. The summed E-state index contributed by atoms with van der Waals surface area (Å²) in [7, 11) is 1.48. The number of rotatable bonds is 4. The lowest BCUT2D eigenvalue weighted by Crippen LogP contribution is -2.18. The van der Waals surface area contributed by atoms with Gasteiger partial charge in [0.1, 0.15) is 5.75 Å². The molecule has 0 aromatic heterocycles. The number of aliphatic hydroxyl groups is 1. The molecule has 88 valence electrons. The van der Waals surface area contributed by atoms with Gasteiger partial charge in [0.15, 0.2) is 0 Å². The van der Waals surface area contributed by atoms with Crippen molar-refractivity contribution in [3.05, 3.63) is 28.8 Å². The maximum Gasteiger partial charge on any atom is 0.309 e. The van der Waals surface area contributed by atoms with Crippen LogP contribution in [0.1, 0.15) is 18.6 Å². The zero-order chi connectivity index (χ0) is 12.3. The van der Waals surface area contributed by atoms with Gasteiger partial charge in [0.05, 0.1) is 24.2 Å². The predicted octanol–water partition coefficient (Wildman–Crippen LogP) is 2.10. The summed E-state index contributed by atoms with van der Waals surface area (Å²) >= 11 is 5.87. The molecular formula is C11H13ClO4. The van der Waals surface area contributed by atoms with Crippen LogP contribution in [-0.4, -0.2) is 23.3 Å². The van der Waals surface area contributed by atoms with Crippen LogP contribution in [-0.2, 0) is 4.79 Å². The Kier molecular flexibility index (Phi) is 4.15. The number of ether oxygens (including phenoxy) is 1. The lowest BCUT2D eigenvalue weighted by Gasteiger charge is -2.16. The molecule has 0 amide bonds. The highest BCUT2D eigenvalue weighted by Crippen LogP contribution is 2.30. The third kappa shape index (κ3) is 2.65. The van der Waals surface area contributed by atoms with E-state index in [4.69, 9.17) is 21.4 Å². The van der Waals surface area contributed by atoms with E-state index in [0.29, 0.717) is 16.3 Å². The van der Waals surface area contributed by atoms with Gasteiger partial charge in [-0.3, -0.25) is 4.79 Å². The van der Waals surface area contributed by atoms with Crippen LogP contribution < -0.4 is 4.74 Å². The van der Waals surface area contributed by atoms with Gasteiger partial charge < -0.3 is 14.9 Å². The summed E-state index contributed by atoms with van der Waals surface area (Å²) in [6.45, 7) is 1.44. The van der Waals surface area contributed by atoms with E-state index in [1.165, 1.54) is 20.1 Å². The number of aliphatic carboxylic acids is 1. The molecule has 0 saturated carbocycles. The van der Waals surface area contributed by atoms with Gasteiger partial charge in [-0.25, -0.2) is 0 Å². The molecule has 16 heavy (non-hydrogen) atoms. The molecule has 4 nitrogen and oxygen atoms in total. The Labute approximate surface area is 98.4 Å². The largest absolute Gasteiger partial charge is 0.495 e. The van der Waals surface area contributed by atoms with Crippen molar-refractivity contribution in [1.82, 2.24) is 0 Å². The van der Waals surface area contributed by atoms with Crippen LogP contribution in [0.2, 0.25) is 5.02 Å². The summed E-state index contributed by atoms with van der Waals surface area (Å²) in [5, 5.41) is 18.9. The minimum absolute atomic E-state index is 0.344. The Morgan fingerprint density at radius 3 is 2.56 bits per heavy atom. The molecule has 0 bridgehead atoms. The van der Waals surface area contributed by atoms with E-state index >= 15 is 0 Å². The van der Waals surface area contributed by atoms with Crippen molar-refractivity contribution < 1.29 is 19.7 Å². The maximum atomic E-state index is 10.7. The monoisotopic (exact) mass is 244 g/mol. The molecule has 0 radical (unpaired) electrons. The minimum Gasteiger partial charge on any atom is -0.495 e. The molecule has 2 N–H and O–H groups in total. The summed E-state index contributed by atoms with van der Waals surface area (Å²) in [5.41, 5.74) is 0.459. The molecule has 0 spiro atoms. The normalized spacial score (nSPS) is 14.2. The van der Waals surface area contributed by atoms with Crippen molar-refractivity contribution in [3.8, 4) is 5.75 Å². The van der Waals surface area contributed by atoms with E-state index in [1.807, 2.05) is 0 Å². The highest BCUT2D eigenvalue weighted by molar-refractivity contribution is 6.32. The van der Waals surface area contributed by atoms with Crippen molar-refractivity contribution in [3.63, 3.8) is 0 Å². The second kappa shape index (κ2) is 5.18. The van der Waals surface area contributed by atoms with Crippen molar-refractivity contribution in [1.29, 1.82) is 0 Å². The number of carboxylic acid groups (broad SMARTS) is 1. The molecular weight excluding hydrogens is 232 g/mol. The van der Waals surface area contributed by atoms with Gasteiger partial charge in [-0.15, -0.1) is 0 Å². The number of carbonyl (C=O) groups is 1. The van der Waals surface area contributed by atoms with Gasteiger partial charge in [-0.2, -0.15) is 0 Å². The SMILES string of the molecule is COc1ccc(C(O)C(C)C(=O)O)cc1Cl. The number of carboxylic acids is 1. The number of methoxy groups -OCH3 is 1. The van der Waals surface area contributed by atoms with E-state index in [9.17, 15) is 9.90 Å². The Hall–Kier alpha value is -1.26. The molecule has 1 aromatic rings. The van der Waals surface area contributed by atoms with Crippen LogP contribution in [0.25, 0.3) is 0 Å². The molecule has 0 aliphatic heterocycles. The molecule has 0 aliphatic rings. The first-order valence-electron chi connectivity index (χ1n) is 4.71. The Morgan fingerprint density at radius 2 is 2.12 bits per heavy atom. The summed E-state index contributed by atoms with van der Waals surface area (Å²) in [4.78, 5) is 10.7. The van der Waals surface area contributed by atoms with E-state index in [-0.39, 0.29) is 0 Å². The van der Waals surface area contributed by atoms with Gasteiger partial charge in [-0.05, 0) is 24.6 Å². The molecule has 2 unspecified atom stereocenters. The first kappa shape index (κ1) is 12.8. The lowest BCUT2D eigenvalue weighted by atomic mass is 9.97. The number of benzene rings is 1. The average Bonchev–Trinajstić information content (AvgIpc) is 2.26. The second-order valence-electron chi connectivity index (χ2n) is 3.47. The van der Waals surface area contributed by atoms with Gasteiger partial charge in [0, 0.05) is 0 Å². The van der Waals surface area contributed by atoms with E-state index in [2.05, 4.69) is 0 Å². The number of hydrogen-bond donors (Lipinski definition) is 2. The quantitative estimate of drug-likeness (QED) is 0.851. The molecule has 5 heteroatoms. The fraction of sp³-hybridized carbons (Fsp3) is 0.364. The molecule has 0 fully saturated rings. The Morgan fingerprint density at radius 1 is 1.50 bits per heavy atom. The van der Waals surface area contributed by atoms with Crippen LogP contribution in [0.5, 0.6) is 5.75 Å². The van der Waals surface area contributed by atoms with E-state index in [1.54, 1.807) is 12.1 Å². The van der Waals surface area contributed by atoms with E-state index < -0.39 is 18.0 Å². The number of halogens is 1. The molecule has 1 aromatic carbocycles. The van der Waals surface area contributed by atoms with Crippen LogP contribution in [0.3, 0.4) is 0 Å². The zero-order valence-electron chi connectivity index (χ0n) is 8.98. The lowest BCUT2D eigenvalue weighted by molar-refractivity contribution is -0.145. The van der Waals surface area contributed by atoms with Crippen LogP contribution in [0, 0.1) is 5.92 Å². The molecule has 1 rings (SSSR count). The first-order chi connectivity index (χ1) is 7.47. The van der Waals surface area contributed by atoms with Crippen molar-refractivity contribution in [2.45, 2.75) is 13.0 Å². The van der Waals surface area contributed by atoms with Gasteiger partial charge in [-0.1, -0.05) is 17.7 Å². The topological polar surface area (TPSA) is 66.8 Å². The standard InChI is InChI=1S/C11H13ClO4/c1-6(11(14)15)10(13)7-3-4-9(16-2)8(12)5-7/h3-6,10,13H,1-2H3,(H,14,15). The van der Waals surface area contributed by atoms with Crippen molar-refractivity contribution in [2.24, 2.45) is 5.92 Å². The predicted molar refractivity (Wildman–Crippen MR) is 59.8 cm³/mol. The third-order valence-electron chi connectivity index (χ3n) is 2.38. The summed E-state index contributed by atoms with van der Waals surface area (Å²) in [5.74, 6) is -1.45. The van der Waals surface area contributed by atoms with Gasteiger partial charge in [0.25, 0.3) is 0 Å². The second-order valence-corrected chi connectivity index (χ2v) is 3.87. The Bertz CT molecular complexity index is 392. The smallest absolute Gasteiger partial charge is 0.309 e. The number of aliphatic hydroxyl groups excluding tert-OH is 1. The molecule has 0 saturated heterocycles. The van der Waals surface area contributed by atoms with Crippen LogP contribution in [0.4, 0.5) is 0 Å². The summed E-state index contributed by atoms with van der Waals surface area (Å²) in [6, 6.07) is 4.69. The third-order valence-corrected chi connectivity index (χ3v) is 2.68. The van der Waals surface area contributed by atoms with Crippen molar-refractivity contribution >= 4 is 17.6 Å². The fourth-order valence-corrected chi connectivity index (χ4v) is 1.56. The van der Waals surface area contributed by atoms with Gasteiger partial charge in [0.2, 0.25) is 0 Å². The maximum absolute atomic E-state index is 10.7. The highest BCUT2D eigenvalue weighted by Gasteiger charge is 2.23. The molecule has 0 heterocycles. The average molecular weight is 245 g/mol. The minimum atomic E-state index is -1.08. The zero-order valence-corrected chi connectivity index (χ0v) is 9.73. The van der Waals surface area contributed by atoms with Crippen molar-refractivity contribution in [2.75, 3.05) is 7.11 Å². The summed E-state index contributed by atoms with van der Waals surface area (Å²) < 4.78 is 4.96. The molecule has 2 atom stereocenters. The Balaban J connectivity index is 2.97. The number of hydrogen-bond acceptors (Lipinski definition) is 3. The van der Waals surface area contributed by atoms with Crippen LogP contribution in [0.15, 0.2) is 18.2 Å².